The third kappa shape index (κ3) is 3.32. The van der Waals surface area contributed by atoms with Crippen molar-refractivity contribution in [2.45, 2.75) is 32.7 Å². The van der Waals surface area contributed by atoms with Gasteiger partial charge < -0.3 is 14.1 Å². The van der Waals surface area contributed by atoms with E-state index in [0.717, 1.165) is 59.4 Å². The van der Waals surface area contributed by atoms with E-state index in [0.29, 0.717) is 13.2 Å². The van der Waals surface area contributed by atoms with Gasteiger partial charge in [0.15, 0.2) is 0 Å². The van der Waals surface area contributed by atoms with E-state index < -0.39 is 0 Å². The lowest BCUT2D eigenvalue weighted by atomic mass is 10.1. The van der Waals surface area contributed by atoms with Gasteiger partial charge in [0.2, 0.25) is 0 Å². The monoisotopic (exact) mass is 349 g/mol. The lowest BCUT2D eigenvalue weighted by molar-refractivity contribution is 0.0730. The number of para-hydroxylation sites is 1. The number of hydrogen-bond acceptors (Lipinski definition) is 3. The molecule has 0 unspecified atom stereocenters. The van der Waals surface area contributed by atoms with Crippen LogP contribution >= 0.6 is 0 Å². The number of furan rings is 1. The minimum atomic E-state index is 0.0496. The predicted molar refractivity (Wildman–Crippen MR) is 102 cm³/mol. The third-order valence-electron chi connectivity index (χ3n) is 4.83. The van der Waals surface area contributed by atoms with Crippen molar-refractivity contribution in [2.24, 2.45) is 0 Å². The van der Waals surface area contributed by atoms with Crippen molar-refractivity contribution in [3.8, 4) is 5.75 Å². The van der Waals surface area contributed by atoms with Gasteiger partial charge in [-0.1, -0.05) is 31.5 Å². The molecule has 0 fully saturated rings. The number of fused-ring (bicyclic) bond motifs is 2. The molecule has 0 saturated carbocycles. The molecule has 1 amide bonds. The first kappa shape index (κ1) is 16.7. The van der Waals surface area contributed by atoms with Crippen LogP contribution in [0.25, 0.3) is 11.0 Å². The van der Waals surface area contributed by atoms with Gasteiger partial charge >= 0.3 is 0 Å². The van der Waals surface area contributed by atoms with Crippen LogP contribution in [0.4, 0.5) is 0 Å². The van der Waals surface area contributed by atoms with Gasteiger partial charge in [0.05, 0.1) is 13.2 Å². The van der Waals surface area contributed by atoms with Crippen LogP contribution in [0.3, 0.4) is 0 Å². The number of unbranched alkanes of at least 4 members (excludes halogenated alkanes) is 1. The summed E-state index contributed by atoms with van der Waals surface area (Å²) < 4.78 is 11.5. The van der Waals surface area contributed by atoms with Crippen LogP contribution in [0.1, 0.15) is 41.4 Å². The highest BCUT2D eigenvalue weighted by molar-refractivity contribution is 5.94. The summed E-state index contributed by atoms with van der Waals surface area (Å²) in [6, 6.07) is 15.7. The van der Waals surface area contributed by atoms with Crippen molar-refractivity contribution in [3.63, 3.8) is 0 Å². The molecule has 1 aliphatic heterocycles. The van der Waals surface area contributed by atoms with E-state index in [-0.39, 0.29) is 5.91 Å². The molecule has 2 aromatic carbocycles. The van der Waals surface area contributed by atoms with Crippen LogP contribution in [-0.2, 0) is 13.0 Å². The number of carbonyl (C=O) groups excluding carboxylic acids is 1. The minimum Gasteiger partial charge on any atom is -0.493 e. The average Bonchev–Trinajstić information content (AvgIpc) is 3.29. The van der Waals surface area contributed by atoms with E-state index in [4.69, 9.17) is 9.15 Å². The van der Waals surface area contributed by atoms with E-state index in [9.17, 15) is 4.79 Å². The van der Waals surface area contributed by atoms with E-state index >= 15 is 0 Å². The number of amides is 1. The van der Waals surface area contributed by atoms with Gasteiger partial charge in [-0.3, -0.25) is 4.79 Å². The number of ether oxygens (including phenoxy) is 1. The Kier molecular flexibility index (Phi) is 4.65. The second-order valence-electron chi connectivity index (χ2n) is 6.75. The smallest absolute Gasteiger partial charge is 0.254 e. The zero-order valence-electron chi connectivity index (χ0n) is 15.0. The number of carbonyl (C=O) groups is 1. The van der Waals surface area contributed by atoms with Crippen molar-refractivity contribution in [1.82, 2.24) is 4.90 Å². The summed E-state index contributed by atoms with van der Waals surface area (Å²) in [5.74, 6) is 1.77. The van der Waals surface area contributed by atoms with Crippen LogP contribution in [0.2, 0.25) is 0 Å². The lowest BCUT2D eigenvalue weighted by Gasteiger charge is -2.22. The molecule has 4 heteroatoms. The molecule has 0 aliphatic carbocycles. The normalized spacial score (nSPS) is 12.8. The van der Waals surface area contributed by atoms with Crippen LogP contribution in [0.5, 0.6) is 5.75 Å². The molecule has 4 rings (SSSR count). The third-order valence-corrected chi connectivity index (χ3v) is 4.83. The molecule has 0 spiro atoms. The molecule has 0 N–H and O–H groups in total. The van der Waals surface area contributed by atoms with Gasteiger partial charge in [-0.2, -0.15) is 0 Å². The maximum atomic E-state index is 13.1. The van der Waals surface area contributed by atoms with Gasteiger partial charge in [-0.05, 0) is 42.3 Å². The second kappa shape index (κ2) is 7.24. The van der Waals surface area contributed by atoms with Gasteiger partial charge in [-0.15, -0.1) is 0 Å². The van der Waals surface area contributed by atoms with Gasteiger partial charge in [-0.25, -0.2) is 0 Å². The predicted octanol–water partition coefficient (Wildman–Crippen LogP) is 4.81. The fourth-order valence-electron chi connectivity index (χ4n) is 3.41. The summed E-state index contributed by atoms with van der Waals surface area (Å²) >= 11 is 0. The van der Waals surface area contributed by atoms with Gasteiger partial charge in [0, 0.05) is 23.9 Å². The molecule has 0 bridgehead atoms. The molecule has 0 saturated heterocycles. The molecule has 134 valence electrons. The average molecular weight is 349 g/mol. The Bertz CT molecular complexity index is 895. The van der Waals surface area contributed by atoms with Crippen molar-refractivity contribution in [1.29, 1.82) is 0 Å². The SMILES string of the molecule is CCCCN(Cc1cc2ccccc2o1)C(=O)c1ccc2c(c1)CCO2. The number of nitrogens with zero attached hydrogens (tertiary/aromatic N) is 1. The number of rotatable bonds is 6. The molecule has 0 radical (unpaired) electrons. The maximum absolute atomic E-state index is 13.1. The highest BCUT2D eigenvalue weighted by atomic mass is 16.5. The molecule has 1 aliphatic rings. The zero-order valence-corrected chi connectivity index (χ0v) is 15.0. The van der Waals surface area contributed by atoms with Crippen LogP contribution in [-0.4, -0.2) is 24.0 Å². The van der Waals surface area contributed by atoms with E-state index in [1.165, 1.54) is 0 Å². The maximum Gasteiger partial charge on any atom is 0.254 e. The Labute approximate surface area is 153 Å². The zero-order chi connectivity index (χ0) is 17.9. The molecular weight excluding hydrogens is 326 g/mol. The second-order valence-corrected chi connectivity index (χ2v) is 6.75. The highest BCUT2D eigenvalue weighted by Gasteiger charge is 2.20. The summed E-state index contributed by atoms with van der Waals surface area (Å²) in [5, 5.41) is 1.07. The first-order chi connectivity index (χ1) is 12.7. The van der Waals surface area contributed by atoms with Crippen molar-refractivity contribution < 1.29 is 13.9 Å². The van der Waals surface area contributed by atoms with E-state index in [1.807, 2.05) is 53.4 Å². The Hall–Kier alpha value is -2.75. The van der Waals surface area contributed by atoms with Gasteiger partial charge in [0.1, 0.15) is 17.1 Å². The Morgan fingerprint density at radius 1 is 1.15 bits per heavy atom. The number of benzene rings is 2. The number of hydrogen-bond donors (Lipinski definition) is 0. The summed E-state index contributed by atoms with van der Waals surface area (Å²) in [4.78, 5) is 15.0. The standard InChI is InChI=1S/C22H23NO3/c1-2-3-11-23(15-19-14-16-6-4-5-7-21(16)26-19)22(24)18-8-9-20-17(13-18)10-12-25-20/h4-9,13-14H,2-3,10-12,15H2,1H3. The molecule has 2 heterocycles. The molecule has 1 aromatic heterocycles. The summed E-state index contributed by atoms with van der Waals surface area (Å²) in [5.41, 5.74) is 2.71. The summed E-state index contributed by atoms with van der Waals surface area (Å²) in [6.45, 7) is 4.04. The molecule has 26 heavy (non-hydrogen) atoms. The quantitative estimate of drug-likeness (QED) is 0.641. The Morgan fingerprint density at radius 2 is 2.04 bits per heavy atom. The lowest BCUT2D eigenvalue weighted by Crippen LogP contribution is -2.31. The molecule has 4 nitrogen and oxygen atoms in total. The Morgan fingerprint density at radius 3 is 2.88 bits per heavy atom. The largest absolute Gasteiger partial charge is 0.493 e. The fourth-order valence-corrected chi connectivity index (χ4v) is 3.41. The van der Waals surface area contributed by atoms with Gasteiger partial charge in [0.25, 0.3) is 5.91 Å². The van der Waals surface area contributed by atoms with Crippen LogP contribution in [0.15, 0.2) is 52.9 Å². The Balaban J connectivity index is 1.58. The van der Waals surface area contributed by atoms with E-state index in [1.54, 1.807) is 0 Å². The van der Waals surface area contributed by atoms with Crippen molar-refractivity contribution in [2.75, 3.05) is 13.2 Å². The molecule has 3 aromatic rings. The first-order valence-electron chi connectivity index (χ1n) is 9.27. The van der Waals surface area contributed by atoms with Crippen molar-refractivity contribution >= 4 is 16.9 Å². The van der Waals surface area contributed by atoms with Crippen molar-refractivity contribution in [3.05, 3.63) is 65.4 Å². The summed E-state index contributed by atoms with van der Waals surface area (Å²) in [6.07, 6.45) is 2.89. The minimum absolute atomic E-state index is 0.0496. The topological polar surface area (TPSA) is 42.7 Å². The first-order valence-corrected chi connectivity index (χ1v) is 9.27. The summed E-state index contributed by atoms with van der Waals surface area (Å²) in [7, 11) is 0. The van der Waals surface area contributed by atoms with Crippen LogP contribution < -0.4 is 4.74 Å². The fraction of sp³-hybridized carbons (Fsp3) is 0.318. The molecular formula is C22H23NO3. The van der Waals surface area contributed by atoms with Crippen LogP contribution in [0, 0.1) is 0 Å². The highest BCUT2D eigenvalue weighted by Crippen LogP contribution is 2.27. The molecule has 0 atom stereocenters. The van der Waals surface area contributed by atoms with E-state index in [2.05, 4.69) is 6.92 Å².